The highest BCUT2D eigenvalue weighted by Crippen LogP contribution is 2.66. The van der Waals surface area contributed by atoms with Crippen molar-refractivity contribution in [2.45, 2.75) is 24.0 Å². The first-order valence-corrected chi connectivity index (χ1v) is 12.7. The van der Waals surface area contributed by atoms with Crippen LogP contribution in [0.4, 0.5) is 8.78 Å². The topological polar surface area (TPSA) is 247 Å². The fourth-order valence-corrected chi connectivity index (χ4v) is 5.68. The largest absolute Gasteiger partial charge is 0.490 e. The molecule has 32 heavy (non-hydrogen) atoms. The van der Waals surface area contributed by atoms with Crippen molar-refractivity contribution in [3.63, 3.8) is 0 Å². The maximum absolute atomic E-state index is 13.7. The van der Waals surface area contributed by atoms with Crippen LogP contribution in [0, 0.1) is 10.5 Å². The number of alkyl halides is 1. The van der Waals surface area contributed by atoms with Gasteiger partial charge in [0.05, 0.1) is 12.8 Å². The van der Waals surface area contributed by atoms with Crippen LogP contribution in [0.1, 0.15) is 6.23 Å². The van der Waals surface area contributed by atoms with Crippen molar-refractivity contribution in [2.24, 2.45) is 0 Å². The number of nitrogens with zero attached hydrogens (tertiary/aromatic N) is 1. The van der Waals surface area contributed by atoms with Crippen LogP contribution in [-0.4, -0.2) is 70.4 Å². The molecular formula is C10H15F2N2O14P3S. The van der Waals surface area contributed by atoms with Crippen molar-refractivity contribution in [1.29, 1.82) is 0 Å². The van der Waals surface area contributed by atoms with Crippen molar-refractivity contribution in [2.75, 3.05) is 13.3 Å². The zero-order valence-corrected chi connectivity index (χ0v) is 18.6. The van der Waals surface area contributed by atoms with E-state index in [2.05, 4.69) is 25.4 Å². The first-order chi connectivity index (χ1) is 14.4. The minimum absolute atomic E-state index is 0.304. The SMILES string of the molecule is O=c1[nH]c(=S)c(F)cn1[C@@H]1O[C@H](COP(=O)(O)OP(=O)(O)OP(=O)(O)O)[C@H](O)C1(O)CF. The molecule has 0 saturated carbocycles. The van der Waals surface area contributed by atoms with Gasteiger partial charge in [0.15, 0.2) is 17.6 Å². The Bertz CT molecular complexity index is 1120. The number of ether oxygens (including phenoxy) is 1. The average molecular weight is 550 g/mol. The first-order valence-electron chi connectivity index (χ1n) is 7.82. The molecular weight excluding hydrogens is 535 g/mol. The molecule has 22 heteroatoms. The van der Waals surface area contributed by atoms with E-state index in [1.165, 1.54) is 0 Å². The normalized spacial score (nSPS) is 30.1. The van der Waals surface area contributed by atoms with Gasteiger partial charge in [-0.25, -0.2) is 27.3 Å². The summed E-state index contributed by atoms with van der Waals surface area (Å²) in [4.78, 5) is 49.2. The molecule has 1 aliphatic heterocycles. The molecule has 1 fully saturated rings. The summed E-state index contributed by atoms with van der Waals surface area (Å²) in [5, 5.41) is 20.6. The van der Waals surface area contributed by atoms with Crippen LogP contribution in [0.25, 0.3) is 0 Å². The molecule has 7 N–H and O–H groups in total. The van der Waals surface area contributed by atoms with E-state index in [0.29, 0.717) is 10.8 Å². The summed E-state index contributed by atoms with van der Waals surface area (Å²) in [6, 6.07) is 0. The van der Waals surface area contributed by atoms with Gasteiger partial charge in [-0.3, -0.25) is 14.1 Å². The number of phosphoric ester groups is 1. The number of hydrogen-bond donors (Lipinski definition) is 7. The Balaban J connectivity index is 2.22. The third kappa shape index (κ3) is 6.43. The molecule has 6 atom stereocenters. The number of aromatic amines is 1. The molecule has 184 valence electrons. The summed E-state index contributed by atoms with van der Waals surface area (Å²) in [6.07, 6.45) is -5.86. The molecule has 1 aromatic heterocycles. The summed E-state index contributed by atoms with van der Waals surface area (Å²) in [6.45, 7) is -3.04. The van der Waals surface area contributed by atoms with Gasteiger partial charge in [0.2, 0.25) is 0 Å². The van der Waals surface area contributed by atoms with E-state index in [9.17, 15) is 42.4 Å². The van der Waals surface area contributed by atoms with E-state index in [0.717, 1.165) is 0 Å². The third-order valence-electron chi connectivity index (χ3n) is 3.80. The van der Waals surface area contributed by atoms with Crippen LogP contribution >= 0.6 is 35.7 Å². The third-order valence-corrected chi connectivity index (χ3v) is 7.90. The molecule has 0 aromatic carbocycles. The van der Waals surface area contributed by atoms with E-state index >= 15 is 0 Å². The van der Waals surface area contributed by atoms with Crippen LogP contribution in [-0.2, 0) is 31.6 Å². The predicted octanol–water partition coefficient (Wildman–Crippen LogP) is -0.653. The van der Waals surface area contributed by atoms with E-state index in [1.54, 1.807) is 0 Å². The summed E-state index contributed by atoms with van der Waals surface area (Å²) < 4.78 is 76.8. The zero-order chi connectivity index (χ0) is 24.7. The predicted molar refractivity (Wildman–Crippen MR) is 96.5 cm³/mol. The second-order valence-corrected chi connectivity index (χ2v) is 11.0. The minimum atomic E-state index is -5.84. The fraction of sp³-hybridized carbons (Fsp3) is 0.600. The van der Waals surface area contributed by atoms with Crippen molar-refractivity contribution < 1.29 is 70.1 Å². The van der Waals surface area contributed by atoms with Gasteiger partial charge in [-0.05, 0) is 0 Å². The van der Waals surface area contributed by atoms with Gasteiger partial charge >= 0.3 is 29.2 Å². The lowest BCUT2D eigenvalue weighted by atomic mass is 9.95. The molecule has 0 aliphatic carbocycles. The fourth-order valence-electron chi connectivity index (χ4n) is 2.51. The highest BCUT2D eigenvalue weighted by Gasteiger charge is 2.57. The maximum Gasteiger partial charge on any atom is 0.490 e. The molecule has 0 spiro atoms. The number of aliphatic hydroxyl groups excluding tert-OH is 1. The molecule has 1 aromatic rings. The maximum atomic E-state index is 13.7. The van der Waals surface area contributed by atoms with Gasteiger partial charge < -0.3 is 34.5 Å². The number of H-pyrrole nitrogens is 1. The Morgan fingerprint density at radius 1 is 1.22 bits per heavy atom. The van der Waals surface area contributed by atoms with E-state index in [-0.39, 0.29) is 0 Å². The highest BCUT2D eigenvalue weighted by molar-refractivity contribution is 7.71. The van der Waals surface area contributed by atoms with Crippen molar-refractivity contribution >= 4 is 35.7 Å². The Hall–Kier alpha value is -0.750. The quantitative estimate of drug-likeness (QED) is 0.149. The zero-order valence-electron chi connectivity index (χ0n) is 15.1. The molecule has 16 nitrogen and oxygen atoms in total. The summed E-state index contributed by atoms with van der Waals surface area (Å²) >= 11 is 4.50. The lowest BCUT2D eigenvalue weighted by molar-refractivity contribution is -0.121. The van der Waals surface area contributed by atoms with Crippen molar-refractivity contribution in [3.05, 3.63) is 27.1 Å². The Morgan fingerprint density at radius 2 is 1.81 bits per heavy atom. The van der Waals surface area contributed by atoms with E-state index < -0.39 is 76.9 Å². The molecule has 2 rings (SSSR count). The van der Waals surface area contributed by atoms with Gasteiger partial charge in [-0.1, -0.05) is 12.2 Å². The molecule has 1 aliphatic rings. The first kappa shape index (κ1) is 27.5. The number of phosphoric acid groups is 3. The lowest BCUT2D eigenvalue weighted by Gasteiger charge is -2.28. The number of aliphatic hydroxyl groups is 2. The number of nitrogens with one attached hydrogen (secondary N) is 1. The van der Waals surface area contributed by atoms with Crippen LogP contribution in [0.5, 0.6) is 0 Å². The molecule has 2 heterocycles. The smallest absolute Gasteiger partial charge is 0.387 e. The molecule has 3 unspecified atom stereocenters. The van der Waals surface area contributed by atoms with E-state index in [4.69, 9.17) is 19.4 Å². The lowest BCUT2D eigenvalue weighted by Crippen LogP contribution is -2.50. The summed E-state index contributed by atoms with van der Waals surface area (Å²) in [5.74, 6) is -1.18. The van der Waals surface area contributed by atoms with Crippen LogP contribution in [0.15, 0.2) is 11.0 Å². The van der Waals surface area contributed by atoms with Gasteiger partial charge in [0.1, 0.15) is 23.5 Å². The average Bonchev–Trinajstić information content (AvgIpc) is 2.85. The Kier molecular flexibility index (Phi) is 8.15. The monoisotopic (exact) mass is 550 g/mol. The number of rotatable bonds is 9. The highest BCUT2D eigenvalue weighted by atomic mass is 32.1. The molecule has 0 amide bonds. The molecule has 0 radical (unpaired) electrons. The number of halogens is 2. The van der Waals surface area contributed by atoms with Crippen LogP contribution < -0.4 is 5.69 Å². The standard InChI is InChI=1S/C10H15F2N2O14P3S/c11-3-10(17)6(15)5(26-8(10)14-1-4(12)7(32)13-9(14)16)2-25-30(21,22)28-31(23,24)27-29(18,19)20/h1,5-6,8,15,17H,2-3H2,(H,21,22)(H,23,24)(H,13,16,32)(H2,18,19,20)/t5-,6+,8-,10?/m1/s1. The molecule has 0 bridgehead atoms. The van der Waals surface area contributed by atoms with E-state index in [1.807, 2.05) is 4.98 Å². The van der Waals surface area contributed by atoms with Crippen LogP contribution in [0.2, 0.25) is 0 Å². The van der Waals surface area contributed by atoms with Crippen molar-refractivity contribution in [3.8, 4) is 0 Å². The van der Waals surface area contributed by atoms with Gasteiger partial charge in [-0.15, -0.1) is 0 Å². The Labute approximate surface area is 180 Å². The summed E-state index contributed by atoms with van der Waals surface area (Å²) in [5.41, 5.74) is -4.09. The number of aromatic nitrogens is 2. The number of hydrogen-bond acceptors (Lipinski definition) is 11. The second-order valence-electron chi connectivity index (χ2n) is 6.13. The Morgan fingerprint density at radius 3 is 2.34 bits per heavy atom. The minimum Gasteiger partial charge on any atom is -0.387 e. The molecule has 1 saturated heterocycles. The van der Waals surface area contributed by atoms with Gasteiger partial charge in [-0.2, -0.15) is 8.62 Å². The van der Waals surface area contributed by atoms with Gasteiger partial charge in [0, 0.05) is 0 Å². The van der Waals surface area contributed by atoms with Gasteiger partial charge in [0.25, 0.3) is 0 Å². The summed E-state index contributed by atoms with van der Waals surface area (Å²) in [7, 11) is -17.1. The van der Waals surface area contributed by atoms with Crippen LogP contribution in [0.3, 0.4) is 0 Å². The van der Waals surface area contributed by atoms with Crippen molar-refractivity contribution in [1.82, 2.24) is 9.55 Å². The second kappa shape index (κ2) is 9.48.